The van der Waals surface area contributed by atoms with Crippen molar-refractivity contribution in [1.82, 2.24) is 9.78 Å². The van der Waals surface area contributed by atoms with E-state index in [1.54, 1.807) is 30.3 Å². The van der Waals surface area contributed by atoms with Crippen LogP contribution >= 0.6 is 0 Å². The molecule has 7 heteroatoms. The summed E-state index contributed by atoms with van der Waals surface area (Å²) >= 11 is 0. The second-order valence-corrected chi connectivity index (χ2v) is 6.35. The zero-order chi connectivity index (χ0) is 18.8. The summed E-state index contributed by atoms with van der Waals surface area (Å²) in [4.78, 5) is 25.0. The van der Waals surface area contributed by atoms with Crippen LogP contribution < -0.4 is 20.3 Å². The predicted octanol–water partition coefficient (Wildman–Crippen LogP) is 2.50. The summed E-state index contributed by atoms with van der Waals surface area (Å²) in [6.45, 7) is 2.83. The summed E-state index contributed by atoms with van der Waals surface area (Å²) in [5.74, 6) is 0.921. The maximum absolute atomic E-state index is 12.6. The number of hydrogen-bond donors (Lipinski definition) is 1. The number of nitrogens with one attached hydrogen (secondary N) is 1. The molecule has 27 heavy (non-hydrogen) atoms. The van der Waals surface area contributed by atoms with Crippen molar-refractivity contribution in [2.45, 2.75) is 19.9 Å². The fraction of sp³-hybridized carbons (Fsp3) is 0.250. The third-order valence-corrected chi connectivity index (χ3v) is 4.38. The number of nitrogens with zero attached hydrogens (tertiary/aromatic N) is 2. The van der Waals surface area contributed by atoms with Gasteiger partial charge < -0.3 is 14.8 Å². The largest absolute Gasteiger partial charge is 0.490 e. The second-order valence-electron chi connectivity index (χ2n) is 6.35. The van der Waals surface area contributed by atoms with Crippen LogP contribution in [0.25, 0.3) is 10.8 Å². The molecule has 1 amide bonds. The van der Waals surface area contributed by atoms with Crippen LogP contribution in [0.15, 0.2) is 47.3 Å². The van der Waals surface area contributed by atoms with Gasteiger partial charge in [0.1, 0.15) is 6.54 Å². The van der Waals surface area contributed by atoms with E-state index in [0.717, 1.165) is 11.8 Å². The van der Waals surface area contributed by atoms with E-state index in [-0.39, 0.29) is 18.0 Å². The van der Waals surface area contributed by atoms with Crippen molar-refractivity contribution >= 4 is 22.4 Å². The van der Waals surface area contributed by atoms with Crippen LogP contribution in [-0.4, -0.2) is 28.9 Å². The molecule has 0 unspecified atom stereocenters. The van der Waals surface area contributed by atoms with Gasteiger partial charge in [0.05, 0.1) is 24.3 Å². The van der Waals surface area contributed by atoms with Crippen molar-refractivity contribution < 1.29 is 14.3 Å². The number of ether oxygens (including phenoxy) is 2. The van der Waals surface area contributed by atoms with Gasteiger partial charge in [-0.25, -0.2) is 4.68 Å². The van der Waals surface area contributed by atoms with E-state index in [1.165, 1.54) is 4.68 Å². The number of aryl methyl sites for hydroxylation is 1. The minimum atomic E-state index is -0.339. The van der Waals surface area contributed by atoms with Gasteiger partial charge in [-0.3, -0.25) is 9.59 Å². The molecule has 0 bridgehead atoms. The lowest BCUT2D eigenvalue weighted by atomic mass is 10.1. The van der Waals surface area contributed by atoms with E-state index in [4.69, 9.17) is 9.47 Å². The number of benzene rings is 2. The summed E-state index contributed by atoms with van der Waals surface area (Å²) in [5, 5.41) is 8.39. The Morgan fingerprint density at radius 3 is 2.67 bits per heavy atom. The van der Waals surface area contributed by atoms with E-state index in [0.29, 0.717) is 41.5 Å². The first-order chi connectivity index (χ1) is 13.1. The van der Waals surface area contributed by atoms with Gasteiger partial charge in [0.25, 0.3) is 5.56 Å². The SMILES string of the molecule is Cc1nn(CC(=O)Nc2ccc3c(c2)OCCCO3)c(=O)c2ccccc12. The van der Waals surface area contributed by atoms with Gasteiger partial charge in [0, 0.05) is 23.6 Å². The van der Waals surface area contributed by atoms with Crippen molar-refractivity contribution in [2.24, 2.45) is 0 Å². The molecular formula is C20H19N3O4. The molecule has 4 rings (SSSR count). The summed E-state index contributed by atoms with van der Waals surface area (Å²) < 4.78 is 12.4. The van der Waals surface area contributed by atoms with Gasteiger partial charge in [0.2, 0.25) is 5.91 Å². The molecule has 0 spiro atoms. The molecule has 0 aliphatic carbocycles. The smallest absolute Gasteiger partial charge is 0.275 e. The Morgan fingerprint density at radius 1 is 1.11 bits per heavy atom. The molecule has 1 N–H and O–H groups in total. The molecule has 7 nitrogen and oxygen atoms in total. The van der Waals surface area contributed by atoms with E-state index in [1.807, 2.05) is 19.1 Å². The highest BCUT2D eigenvalue weighted by atomic mass is 16.5. The molecule has 0 atom stereocenters. The second kappa shape index (κ2) is 7.11. The van der Waals surface area contributed by atoms with E-state index < -0.39 is 0 Å². The number of aromatic nitrogens is 2. The minimum Gasteiger partial charge on any atom is -0.490 e. The Labute approximate surface area is 155 Å². The quantitative estimate of drug-likeness (QED) is 0.771. The standard InChI is InChI=1S/C20H19N3O4/c1-13-15-5-2-3-6-16(15)20(25)23(22-13)12-19(24)21-14-7-8-17-18(11-14)27-10-4-9-26-17/h2-3,5-8,11H,4,9-10,12H2,1H3,(H,21,24). The Bertz CT molecular complexity index is 1070. The molecule has 2 heterocycles. The van der Waals surface area contributed by atoms with Crippen molar-refractivity contribution in [1.29, 1.82) is 0 Å². The number of fused-ring (bicyclic) bond motifs is 2. The van der Waals surface area contributed by atoms with Gasteiger partial charge in [-0.15, -0.1) is 0 Å². The topological polar surface area (TPSA) is 82.5 Å². The van der Waals surface area contributed by atoms with Gasteiger partial charge in [-0.1, -0.05) is 18.2 Å². The van der Waals surface area contributed by atoms with Crippen molar-refractivity contribution in [3.63, 3.8) is 0 Å². The van der Waals surface area contributed by atoms with E-state index in [9.17, 15) is 9.59 Å². The van der Waals surface area contributed by atoms with Crippen LogP contribution in [0.2, 0.25) is 0 Å². The highest BCUT2D eigenvalue weighted by molar-refractivity contribution is 5.91. The van der Waals surface area contributed by atoms with Crippen LogP contribution in [0.1, 0.15) is 12.1 Å². The lowest BCUT2D eigenvalue weighted by Crippen LogP contribution is -2.30. The monoisotopic (exact) mass is 365 g/mol. The third kappa shape index (κ3) is 3.48. The average molecular weight is 365 g/mol. The van der Waals surface area contributed by atoms with Gasteiger partial charge in [0.15, 0.2) is 11.5 Å². The van der Waals surface area contributed by atoms with Crippen LogP contribution in [0.5, 0.6) is 11.5 Å². The fourth-order valence-corrected chi connectivity index (χ4v) is 3.09. The Hall–Kier alpha value is -3.35. The first-order valence-corrected chi connectivity index (χ1v) is 8.78. The molecule has 1 aromatic heterocycles. The maximum atomic E-state index is 12.6. The van der Waals surface area contributed by atoms with Crippen molar-refractivity contribution in [3.05, 3.63) is 58.5 Å². The summed E-state index contributed by atoms with van der Waals surface area (Å²) in [5.41, 5.74) is 0.994. The Balaban J connectivity index is 1.55. The first-order valence-electron chi connectivity index (χ1n) is 8.78. The van der Waals surface area contributed by atoms with Gasteiger partial charge in [-0.2, -0.15) is 5.10 Å². The number of carbonyl (C=O) groups excluding carboxylic acids is 1. The molecular weight excluding hydrogens is 346 g/mol. The molecule has 0 saturated heterocycles. The molecule has 1 aliphatic rings. The minimum absolute atomic E-state index is 0.168. The van der Waals surface area contributed by atoms with Crippen LogP contribution in [0, 0.1) is 6.92 Å². The summed E-state index contributed by atoms with van der Waals surface area (Å²) in [6.07, 6.45) is 0.812. The van der Waals surface area contributed by atoms with E-state index >= 15 is 0 Å². The molecule has 1 aliphatic heterocycles. The fourth-order valence-electron chi connectivity index (χ4n) is 3.09. The zero-order valence-corrected chi connectivity index (χ0v) is 14.9. The van der Waals surface area contributed by atoms with Crippen LogP contribution in [-0.2, 0) is 11.3 Å². The van der Waals surface area contributed by atoms with Crippen molar-refractivity contribution in [2.75, 3.05) is 18.5 Å². The zero-order valence-electron chi connectivity index (χ0n) is 14.9. The van der Waals surface area contributed by atoms with Crippen molar-refractivity contribution in [3.8, 4) is 11.5 Å². The number of hydrogen-bond acceptors (Lipinski definition) is 5. The predicted molar refractivity (Wildman–Crippen MR) is 101 cm³/mol. The third-order valence-electron chi connectivity index (χ3n) is 4.38. The maximum Gasteiger partial charge on any atom is 0.275 e. The molecule has 138 valence electrons. The Morgan fingerprint density at radius 2 is 1.85 bits per heavy atom. The summed E-state index contributed by atoms with van der Waals surface area (Å²) in [6, 6.07) is 12.5. The Kier molecular flexibility index (Phi) is 4.50. The number of rotatable bonds is 3. The average Bonchev–Trinajstić information content (AvgIpc) is 2.91. The molecule has 0 fully saturated rings. The summed E-state index contributed by atoms with van der Waals surface area (Å²) in [7, 11) is 0. The van der Waals surface area contributed by atoms with Gasteiger partial charge >= 0.3 is 0 Å². The number of anilines is 1. The normalized spacial score (nSPS) is 13.2. The van der Waals surface area contributed by atoms with Gasteiger partial charge in [-0.05, 0) is 25.1 Å². The van der Waals surface area contributed by atoms with Crippen LogP contribution in [0.4, 0.5) is 5.69 Å². The lowest BCUT2D eigenvalue weighted by molar-refractivity contribution is -0.117. The van der Waals surface area contributed by atoms with E-state index in [2.05, 4.69) is 10.4 Å². The first kappa shape index (κ1) is 17.1. The lowest BCUT2D eigenvalue weighted by Gasteiger charge is -2.11. The molecule has 0 saturated carbocycles. The molecule has 3 aromatic rings. The highest BCUT2D eigenvalue weighted by Crippen LogP contribution is 2.32. The molecule has 2 aromatic carbocycles. The number of amides is 1. The highest BCUT2D eigenvalue weighted by Gasteiger charge is 2.14. The number of carbonyl (C=O) groups is 1. The van der Waals surface area contributed by atoms with Crippen LogP contribution in [0.3, 0.4) is 0 Å². The molecule has 0 radical (unpaired) electrons.